The van der Waals surface area contributed by atoms with Crippen LogP contribution in [0.5, 0.6) is 0 Å². The van der Waals surface area contributed by atoms with Crippen molar-refractivity contribution in [2.24, 2.45) is 0 Å². The van der Waals surface area contributed by atoms with Crippen LogP contribution in [0.3, 0.4) is 0 Å². The molecule has 0 bridgehead atoms. The Morgan fingerprint density at radius 1 is 1.11 bits per heavy atom. The van der Waals surface area contributed by atoms with Crippen molar-refractivity contribution in [2.75, 3.05) is 4.72 Å². The summed E-state index contributed by atoms with van der Waals surface area (Å²) in [7, 11) is -3.84. The Bertz CT molecular complexity index is 941. The summed E-state index contributed by atoms with van der Waals surface area (Å²) in [6.07, 6.45) is 0.226. The van der Waals surface area contributed by atoms with Crippen molar-refractivity contribution in [3.63, 3.8) is 0 Å². The van der Waals surface area contributed by atoms with Crippen LogP contribution in [0.25, 0.3) is 0 Å². The number of nitrogens with one attached hydrogen (secondary N) is 2. The highest BCUT2D eigenvalue weighted by Crippen LogP contribution is 2.18. The summed E-state index contributed by atoms with van der Waals surface area (Å²) in [5, 5.41) is 11.4. The van der Waals surface area contributed by atoms with Gasteiger partial charge in [-0.2, -0.15) is 0 Å². The number of carbonyl (C=O) groups excluding carboxylic acids is 1. The molecule has 2 aromatic rings. The monoisotopic (exact) mass is 390 g/mol. The molecule has 0 fully saturated rings. The topological polar surface area (TPSA) is 113 Å². The third-order valence-corrected chi connectivity index (χ3v) is 5.22. The van der Waals surface area contributed by atoms with Gasteiger partial charge in [-0.25, -0.2) is 8.42 Å². The van der Waals surface area contributed by atoms with E-state index >= 15 is 0 Å². The van der Waals surface area contributed by atoms with Gasteiger partial charge >= 0.3 is 5.97 Å². The van der Waals surface area contributed by atoms with Gasteiger partial charge in [-0.15, -0.1) is 0 Å². The van der Waals surface area contributed by atoms with Crippen LogP contribution >= 0.6 is 0 Å². The van der Waals surface area contributed by atoms with Gasteiger partial charge < -0.3 is 10.4 Å². The molecule has 8 heteroatoms. The van der Waals surface area contributed by atoms with Crippen LogP contribution in [-0.4, -0.2) is 31.4 Å². The van der Waals surface area contributed by atoms with Crippen LogP contribution < -0.4 is 10.0 Å². The number of anilines is 1. The van der Waals surface area contributed by atoms with E-state index in [4.69, 9.17) is 5.11 Å². The van der Waals surface area contributed by atoms with E-state index in [9.17, 15) is 18.0 Å². The van der Waals surface area contributed by atoms with E-state index in [2.05, 4.69) is 10.0 Å². The van der Waals surface area contributed by atoms with Crippen molar-refractivity contribution in [3.05, 3.63) is 59.7 Å². The molecule has 144 valence electrons. The van der Waals surface area contributed by atoms with Gasteiger partial charge in [-0.05, 0) is 56.2 Å². The number of aryl methyl sites for hydroxylation is 1. The second kappa shape index (κ2) is 8.68. The fourth-order valence-corrected chi connectivity index (χ4v) is 3.54. The van der Waals surface area contributed by atoms with Gasteiger partial charge in [0.15, 0.2) is 0 Å². The zero-order valence-corrected chi connectivity index (χ0v) is 15.9. The number of carbonyl (C=O) groups is 2. The predicted molar refractivity (Wildman–Crippen MR) is 102 cm³/mol. The molecule has 0 radical (unpaired) electrons. The van der Waals surface area contributed by atoms with Crippen LogP contribution in [0.2, 0.25) is 0 Å². The lowest BCUT2D eigenvalue weighted by Crippen LogP contribution is -2.33. The fourth-order valence-electron chi connectivity index (χ4n) is 2.45. The number of carboxylic acid groups (broad SMARTS) is 1. The molecule has 0 aliphatic carbocycles. The highest BCUT2D eigenvalue weighted by Gasteiger charge is 2.17. The van der Waals surface area contributed by atoms with Crippen LogP contribution in [0.1, 0.15) is 35.7 Å². The Morgan fingerprint density at radius 2 is 1.81 bits per heavy atom. The second-order valence-corrected chi connectivity index (χ2v) is 7.99. The molecule has 0 aliphatic heterocycles. The maximum Gasteiger partial charge on any atom is 0.303 e. The Balaban J connectivity index is 2.13. The SMILES string of the molecule is Cc1cccc(NS(=O)(=O)c2cccc(C(=O)NC(C)CCC(=O)O)c2)c1. The number of hydrogen-bond acceptors (Lipinski definition) is 4. The first-order valence-corrected chi connectivity index (χ1v) is 9.88. The highest BCUT2D eigenvalue weighted by atomic mass is 32.2. The minimum absolute atomic E-state index is 0.0326. The summed E-state index contributed by atoms with van der Waals surface area (Å²) < 4.78 is 27.6. The Hall–Kier alpha value is -2.87. The van der Waals surface area contributed by atoms with E-state index in [0.717, 1.165) is 5.56 Å². The van der Waals surface area contributed by atoms with Crippen molar-refractivity contribution < 1.29 is 23.1 Å². The number of rotatable bonds is 8. The van der Waals surface area contributed by atoms with Gasteiger partial charge in [0.2, 0.25) is 0 Å². The summed E-state index contributed by atoms with van der Waals surface area (Å²) in [5.74, 6) is -1.40. The van der Waals surface area contributed by atoms with Gasteiger partial charge in [0.05, 0.1) is 4.90 Å². The minimum atomic E-state index is -3.84. The number of benzene rings is 2. The first kappa shape index (κ1) is 20.4. The molecule has 0 spiro atoms. The zero-order valence-electron chi connectivity index (χ0n) is 15.1. The van der Waals surface area contributed by atoms with Gasteiger partial charge in [0.1, 0.15) is 0 Å². The predicted octanol–water partition coefficient (Wildman–Crippen LogP) is 2.78. The van der Waals surface area contributed by atoms with E-state index in [1.165, 1.54) is 24.3 Å². The standard InChI is InChI=1S/C19H22N2O5S/c1-13-5-3-7-16(11-13)21-27(25,26)17-8-4-6-15(12-17)19(24)20-14(2)9-10-18(22)23/h3-8,11-12,14,21H,9-10H2,1-2H3,(H,20,24)(H,22,23). The maximum absolute atomic E-state index is 12.6. The molecule has 2 aromatic carbocycles. The van der Waals surface area contributed by atoms with Crippen LogP contribution in [0.4, 0.5) is 5.69 Å². The van der Waals surface area contributed by atoms with Crippen LogP contribution in [0, 0.1) is 6.92 Å². The molecule has 0 aromatic heterocycles. The summed E-state index contributed by atoms with van der Waals surface area (Å²) in [6, 6.07) is 12.3. The summed E-state index contributed by atoms with van der Waals surface area (Å²) in [4.78, 5) is 22.9. The van der Waals surface area contributed by atoms with Crippen molar-refractivity contribution in [1.29, 1.82) is 0 Å². The van der Waals surface area contributed by atoms with E-state index in [1.807, 2.05) is 13.0 Å². The second-order valence-electron chi connectivity index (χ2n) is 6.31. The van der Waals surface area contributed by atoms with E-state index in [0.29, 0.717) is 5.69 Å². The first-order valence-electron chi connectivity index (χ1n) is 8.39. The number of carboxylic acids is 1. The number of aliphatic carboxylic acids is 1. The quantitative estimate of drug-likeness (QED) is 0.641. The lowest BCUT2D eigenvalue weighted by Gasteiger charge is -2.14. The summed E-state index contributed by atoms with van der Waals surface area (Å²) in [6.45, 7) is 3.55. The molecule has 0 aliphatic rings. The van der Waals surface area contributed by atoms with E-state index < -0.39 is 21.9 Å². The van der Waals surface area contributed by atoms with Crippen molar-refractivity contribution in [1.82, 2.24) is 5.32 Å². The molecular weight excluding hydrogens is 368 g/mol. The average molecular weight is 390 g/mol. The summed E-state index contributed by atoms with van der Waals surface area (Å²) in [5.41, 5.74) is 1.54. The van der Waals surface area contributed by atoms with Crippen LogP contribution in [0.15, 0.2) is 53.4 Å². The van der Waals surface area contributed by atoms with Gasteiger partial charge in [0.25, 0.3) is 15.9 Å². The molecule has 27 heavy (non-hydrogen) atoms. The molecule has 2 rings (SSSR count). The van der Waals surface area contributed by atoms with Gasteiger partial charge in [-0.3, -0.25) is 14.3 Å². The molecule has 0 saturated carbocycles. The molecule has 0 saturated heterocycles. The van der Waals surface area contributed by atoms with Crippen molar-refractivity contribution in [3.8, 4) is 0 Å². The van der Waals surface area contributed by atoms with Gasteiger partial charge in [0, 0.05) is 23.7 Å². The molecule has 1 amide bonds. The van der Waals surface area contributed by atoms with E-state index in [1.54, 1.807) is 25.1 Å². The fraction of sp³-hybridized carbons (Fsp3) is 0.263. The largest absolute Gasteiger partial charge is 0.481 e. The molecule has 1 unspecified atom stereocenters. The lowest BCUT2D eigenvalue weighted by molar-refractivity contribution is -0.137. The smallest absolute Gasteiger partial charge is 0.303 e. The number of amides is 1. The normalized spacial score (nSPS) is 12.2. The molecule has 0 heterocycles. The highest BCUT2D eigenvalue weighted by molar-refractivity contribution is 7.92. The average Bonchev–Trinajstić information content (AvgIpc) is 2.59. The summed E-state index contributed by atoms with van der Waals surface area (Å²) >= 11 is 0. The minimum Gasteiger partial charge on any atom is -0.481 e. The first-order chi connectivity index (χ1) is 12.7. The lowest BCUT2D eigenvalue weighted by atomic mass is 10.1. The third-order valence-electron chi connectivity index (χ3n) is 3.85. The molecule has 3 N–H and O–H groups in total. The Kier molecular flexibility index (Phi) is 6.57. The van der Waals surface area contributed by atoms with Crippen molar-refractivity contribution >= 4 is 27.6 Å². The Morgan fingerprint density at radius 3 is 2.48 bits per heavy atom. The number of hydrogen-bond donors (Lipinski definition) is 3. The maximum atomic E-state index is 12.6. The zero-order chi connectivity index (χ0) is 20.0. The molecule has 1 atom stereocenters. The van der Waals surface area contributed by atoms with Crippen molar-refractivity contribution in [2.45, 2.75) is 37.6 Å². The van der Waals surface area contributed by atoms with Gasteiger partial charge in [-0.1, -0.05) is 18.2 Å². The third kappa shape index (κ3) is 6.10. The Labute approximate surface area is 158 Å². The number of sulfonamides is 1. The van der Waals surface area contributed by atoms with E-state index in [-0.39, 0.29) is 29.3 Å². The molecular formula is C19H22N2O5S. The van der Waals surface area contributed by atoms with Crippen LogP contribution in [-0.2, 0) is 14.8 Å². The molecule has 7 nitrogen and oxygen atoms in total.